The summed E-state index contributed by atoms with van der Waals surface area (Å²) < 4.78 is 13.6. The second-order valence-corrected chi connectivity index (χ2v) is 4.92. The monoisotopic (exact) mass is 249 g/mol. The number of pyridine rings is 1. The van der Waals surface area contributed by atoms with Crippen molar-refractivity contribution >= 4 is 11.3 Å². The highest BCUT2D eigenvalue weighted by molar-refractivity contribution is 7.13. The molecule has 5 heteroatoms. The third kappa shape index (κ3) is 2.08. The number of thiazole rings is 1. The summed E-state index contributed by atoms with van der Waals surface area (Å²) in [5.74, 6) is -0.312. The predicted octanol–water partition coefficient (Wildman–Crippen LogP) is 2.77. The molecule has 2 aromatic rings. The van der Waals surface area contributed by atoms with Crippen LogP contribution in [-0.4, -0.2) is 16.5 Å². The van der Waals surface area contributed by atoms with E-state index in [2.05, 4.69) is 15.3 Å². The molecule has 1 aliphatic rings. The lowest BCUT2D eigenvalue weighted by Crippen LogP contribution is -2.12. The van der Waals surface area contributed by atoms with Crippen LogP contribution in [0.1, 0.15) is 24.6 Å². The van der Waals surface area contributed by atoms with Gasteiger partial charge in [-0.05, 0) is 31.5 Å². The van der Waals surface area contributed by atoms with Crippen LogP contribution < -0.4 is 5.32 Å². The number of halogens is 1. The van der Waals surface area contributed by atoms with Crippen molar-refractivity contribution in [2.75, 3.05) is 6.54 Å². The quantitative estimate of drug-likeness (QED) is 0.889. The van der Waals surface area contributed by atoms with Crippen molar-refractivity contribution < 1.29 is 4.39 Å². The molecular formula is C12H12FN3S. The van der Waals surface area contributed by atoms with E-state index in [0.29, 0.717) is 16.7 Å². The molecule has 1 aliphatic heterocycles. The van der Waals surface area contributed by atoms with Crippen molar-refractivity contribution in [1.82, 2.24) is 15.3 Å². The maximum atomic E-state index is 13.6. The largest absolute Gasteiger partial charge is 0.309 e. The van der Waals surface area contributed by atoms with Crippen LogP contribution in [0.25, 0.3) is 10.7 Å². The lowest BCUT2D eigenvalue weighted by Gasteiger charge is -2.04. The number of nitrogens with zero attached hydrogens (tertiary/aromatic N) is 2. The number of hydrogen-bond donors (Lipinski definition) is 1. The minimum atomic E-state index is -0.312. The van der Waals surface area contributed by atoms with Gasteiger partial charge in [0, 0.05) is 11.6 Å². The first-order valence-electron chi connectivity index (χ1n) is 5.64. The zero-order chi connectivity index (χ0) is 11.7. The zero-order valence-electron chi connectivity index (χ0n) is 9.19. The fraction of sp³-hybridized carbons (Fsp3) is 0.333. The van der Waals surface area contributed by atoms with E-state index in [-0.39, 0.29) is 5.82 Å². The average molecular weight is 249 g/mol. The molecule has 0 amide bonds. The standard InChI is InChI=1S/C12H12FN3S/c13-8-3-1-6-15-11(8)12-16-10(7-17-12)9-4-2-5-14-9/h1,3,6-7,9,14H,2,4-5H2. The molecule has 1 atom stereocenters. The van der Waals surface area contributed by atoms with Crippen LogP contribution in [0.15, 0.2) is 23.7 Å². The van der Waals surface area contributed by atoms with Crippen LogP contribution in [0.5, 0.6) is 0 Å². The first-order valence-corrected chi connectivity index (χ1v) is 6.52. The topological polar surface area (TPSA) is 37.8 Å². The van der Waals surface area contributed by atoms with Crippen molar-refractivity contribution in [2.24, 2.45) is 0 Å². The molecule has 0 spiro atoms. The van der Waals surface area contributed by atoms with Gasteiger partial charge in [-0.2, -0.15) is 0 Å². The smallest absolute Gasteiger partial charge is 0.151 e. The Balaban J connectivity index is 1.92. The first kappa shape index (κ1) is 10.8. The van der Waals surface area contributed by atoms with Crippen LogP contribution >= 0.6 is 11.3 Å². The van der Waals surface area contributed by atoms with E-state index >= 15 is 0 Å². The van der Waals surface area contributed by atoms with Crippen molar-refractivity contribution in [3.63, 3.8) is 0 Å². The van der Waals surface area contributed by atoms with E-state index < -0.39 is 0 Å². The molecule has 88 valence electrons. The molecule has 1 N–H and O–H groups in total. The SMILES string of the molecule is Fc1cccnc1-c1nc(C2CCCN2)cs1. The Labute approximate surface area is 103 Å². The van der Waals surface area contributed by atoms with Gasteiger partial charge in [0.05, 0.1) is 11.7 Å². The second-order valence-electron chi connectivity index (χ2n) is 4.06. The lowest BCUT2D eigenvalue weighted by atomic mass is 10.2. The van der Waals surface area contributed by atoms with E-state index in [0.717, 1.165) is 18.7 Å². The van der Waals surface area contributed by atoms with Gasteiger partial charge in [0.15, 0.2) is 5.82 Å². The molecule has 2 aromatic heterocycles. The van der Waals surface area contributed by atoms with Gasteiger partial charge in [-0.25, -0.2) is 9.37 Å². The van der Waals surface area contributed by atoms with Crippen molar-refractivity contribution in [3.8, 4) is 10.7 Å². The van der Waals surface area contributed by atoms with Gasteiger partial charge < -0.3 is 5.32 Å². The zero-order valence-corrected chi connectivity index (χ0v) is 10.0. The third-order valence-electron chi connectivity index (χ3n) is 2.90. The summed E-state index contributed by atoms with van der Waals surface area (Å²) in [5, 5.41) is 6.03. The Kier molecular flexibility index (Phi) is 2.86. The molecule has 0 bridgehead atoms. The summed E-state index contributed by atoms with van der Waals surface area (Å²) in [5.41, 5.74) is 1.36. The molecule has 0 saturated carbocycles. The molecule has 1 fully saturated rings. The van der Waals surface area contributed by atoms with Crippen molar-refractivity contribution in [2.45, 2.75) is 18.9 Å². The van der Waals surface area contributed by atoms with E-state index in [9.17, 15) is 4.39 Å². The average Bonchev–Trinajstić information content (AvgIpc) is 3.00. The molecular weight excluding hydrogens is 237 g/mol. The number of rotatable bonds is 2. The normalized spacial score (nSPS) is 19.7. The van der Waals surface area contributed by atoms with Crippen LogP contribution in [0.4, 0.5) is 4.39 Å². The highest BCUT2D eigenvalue weighted by Gasteiger charge is 2.20. The third-order valence-corrected chi connectivity index (χ3v) is 3.77. The summed E-state index contributed by atoms with van der Waals surface area (Å²) in [6.07, 6.45) is 3.87. The van der Waals surface area contributed by atoms with Crippen molar-refractivity contribution in [3.05, 3.63) is 35.2 Å². The predicted molar refractivity (Wildman–Crippen MR) is 65.3 cm³/mol. The molecule has 3 nitrogen and oxygen atoms in total. The summed E-state index contributed by atoms with van der Waals surface area (Å²) in [4.78, 5) is 8.52. The molecule has 0 radical (unpaired) electrons. The molecule has 1 unspecified atom stereocenters. The molecule has 3 heterocycles. The van der Waals surface area contributed by atoms with Gasteiger partial charge >= 0.3 is 0 Å². The summed E-state index contributed by atoms with van der Waals surface area (Å²) in [7, 11) is 0. The van der Waals surface area contributed by atoms with Gasteiger partial charge in [-0.15, -0.1) is 11.3 Å². The van der Waals surface area contributed by atoms with Gasteiger partial charge in [-0.3, -0.25) is 4.98 Å². The van der Waals surface area contributed by atoms with Gasteiger partial charge in [-0.1, -0.05) is 0 Å². The first-order chi connectivity index (χ1) is 8.34. The fourth-order valence-corrected chi connectivity index (χ4v) is 2.90. The highest BCUT2D eigenvalue weighted by atomic mass is 32.1. The number of hydrogen-bond acceptors (Lipinski definition) is 4. The molecule has 0 aliphatic carbocycles. The fourth-order valence-electron chi connectivity index (χ4n) is 2.04. The number of nitrogens with one attached hydrogen (secondary N) is 1. The Morgan fingerprint density at radius 1 is 1.47 bits per heavy atom. The van der Waals surface area contributed by atoms with Crippen molar-refractivity contribution in [1.29, 1.82) is 0 Å². The van der Waals surface area contributed by atoms with E-state index in [1.54, 1.807) is 12.3 Å². The summed E-state index contributed by atoms with van der Waals surface area (Å²) in [6, 6.07) is 3.33. The Bertz CT molecular complexity index is 520. The summed E-state index contributed by atoms with van der Waals surface area (Å²) in [6.45, 7) is 1.04. The highest BCUT2D eigenvalue weighted by Crippen LogP contribution is 2.29. The van der Waals surface area contributed by atoms with Crippen LogP contribution in [0.2, 0.25) is 0 Å². The van der Waals surface area contributed by atoms with Crippen LogP contribution in [-0.2, 0) is 0 Å². The second kappa shape index (κ2) is 4.50. The maximum absolute atomic E-state index is 13.6. The lowest BCUT2D eigenvalue weighted by molar-refractivity contribution is 0.622. The van der Waals surface area contributed by atoms with E-state index in [1.165, 1.54) is 23.8 Å². The Morgan fingerprint density at radius 2 is 2.41 bits per heavy atom. The minimum Gasteiger partial charge on any atom is -0.309 e. The molecule has 1 saturated heterocycles. The maximum Gasteiger partial charge on any atom is 0.151 e. The van der Waals surface area contributed by atoms with Gasteiger partial charge in [0.1, 0.15) is 10.7 Å². The summed E-state index contributed by atoms with van der Waals surface area (Å²) >= 11 is 1.45. The van der Waals surface area contributed by atoms with Gasteiger partial charge in [0.2, 0.25) is 0 Å². The molecule has 0 aromatic carbocycles. The van der Waals surface area contributed by atoms with Crippen LogP contribution in [0, 0.1) is 5.82 Å². The Hall–Kier alpha value is -1.33. The van der Waals surface area contributed by atoms with E-state index in [1.807, 2.05) is 5.38 Å². The minimum absolute atomic E-state index is 0.312. The molecule has 17 heavy (non-hydrogen) atoms. The van der Waals surface area contributed by atoms with Crippen LogP contribution in [0.3, 0.4) is 0 Å². The number of aromatic nitrogens is 2. The van der Waals surface area contributed by atoms with Gasteiger partial charge in [0.25, 0.3) is 0 Å². The Morgan fingerprint density at radius 3 is 3.18 bits per heavy atom. The van der Waals surface area contributed by atoms with E-state index in [4.69, 9.17) is 0 Å². The molecule has 3 rings (SSSR count).